The van der Waals surface area contributed by atoms with Gasteiger partial charge in [-0.05, 0) is 55.4 Å². The fourth-order valence-electron chi connectivity index (χ4n) is 2.29. The van der Waals surface area contributed by atoms with E-state index in [2.05, 4.69) is 64.7 Å². The molecule has 3 nitrogen and oxygen atoms in total. The van der Waals surface area contributed by atoms with Gasteiger partial charge in [0, 0.05) is 31.3 Å². The van der Waals surface area contributed by atoms with E-state index in [4.69, 9.17) is 4.52 Å². The molecule has 0 fully saturated rings. The first-order chi connectivity index (χ1) is 7.73. The van der Waals surface area contributed by atoms with Crippen LogP contribution in [-0.4, -0.2) is 40.6 Å². The van der Waals surface area contributed by atoms with Crippen LogP contribution in [0.5, 0.6) is 0 Å². The van der Waals surface area contributed by atoms with Crippen LogP contribution in [0.25, 0.3) is 0 Å². The van der Waals surface area contributed by atoms with Gasteiger partial charge in [0.25, 0.3) is 0 Å². The lowest BCUT2D eigenvalue weighted by Crippen LogP contribution is -2.43. The van der Waals surface area contributed by atoms with Crippen molar-refractivity contribution >= 4 is 8.45 Å². The second kappa shape index (κ2) is 7.68. The SMILES string of the molecule is COP(N(C(C)C)C(C)C)N(C(C)C)C(C)C. The highest BCUT2D eigenvalue weighted by Crippen LogP contribution is 2.49. The van der Waals surface area contributed by atoms with Crippen LogP contribution in [0.15, 0.2) is 0 Å². The Bertz CT molecular complexity index is 172. The van der Waals surface area contributed by atoms with Crippen molar-refractivity contribution in [2.45, 2.75) is 79.6 Å². The first-order valence-electron chi connectivity index (χ1n) is 6.64. The molecular weight excluding hydrogens is 231 g/mol. The quantitative estimate of drug-likeness (QED) is 0.642. The van der Waals surface area contributed by atoms with Crippen molar-refractivity contribution in [1.82, 2.24) is 9.34 Å². The average Bonchev–Trinajstić information content (AvgIpc) is 2.13. The Hall–Kier alpha value is 0.310. The molecule has 0 saturated heterocycles. The van der Waals surface area contributed by atoms with Gasteiger partial charge in [0.15, 0.2) is 8.45 Å². The molecule has 0 aliphatic rings. The van der Waals surface area contributed by atoms with E-state index in [1.165, 1.54) is 0 Å². The van der Waals surface area contributed by atoms with Crippen molar-refractivity contribution in [3.63, 3.8) is 0 Å². The molecule has 104 valence electrons. The van der Waals surface area contributed by atoms with Crippen LogP contribution in [0.1, 0.15) is 55.4 Å². The van der Waals surface area contributed by atoms with E-state index in [-0.39, 0.29) is 0 Å². The molecule has 0 aromatic heterocycles. The Morgan fingerprint density at radius 2 is 0.882 bits per heavy atom. The van der Waals surface area contributed by atoms with Gasteiger partial charge in [0.2, 0.25) is 0 Å². The summed E-state index contributed by atoms with van der Waals surface area (Å²) in [6.07, 6.45) is 0. The molecule has 0 aliphatic carbocycles. The zero-order valence-electron chi connectivity index (χ0n) is 13.1. The Labute approximate surface area is 109 Å². The molecule has 0 spiro atoms. The van der Waals surface area contributed by atoms with E-state index < -0.39 is 8.45 Å². The summed E-state index contributed by atoms with van der Waals surface area (Å²) >= 11 is 0. The van der Waals surface area contributed by atoms with Crippen LogP contribution in [0.2, 0.25) is 0 Å². The topological polar surface area (TPSA) is 15.7 Å². The molecule has 17 heavy (non-hydrogen) atoms. The molecule has 0 atom stereocenters. The summed E-state index contributed by atoms with van der Waals surface area (Å²) in [5.74, 6) is 0. The molecule has 0 aromatic rings. The van der Waals surface area contributed by atoms with Gasteiger partial charge < -0.3 is 4.52 Å². The Morgan fingerprint density at radius 3 is 1.00 bits per heavy atom. The molecule has 0 amide bonds. The smallest absolute Gasteiger partial charge is 0.188 e. The molecule has 0 aromatic carbocycles. The Balaban J connectivity index is 5.11. The lowest BCUT2D eigenvalue weighted by atomic mass is 10.3. The molecule has 0 heterocycles. The zero-order valence-corrected chi connectivity index (χ0v) is 14.0. The van der Waals surface area contributed by atoms with Gasteiger partial charge in [-0.2, -0.15) is 0 Å². The Morgan fingerprint density at radius 1 is 0.647 bits per heavy atom. The minimum Gasteiger partial charge on any atom is -0.335 e. The third-order valence-corrected chi connectivity index (χ3v) is 5.64. The average molecular weight is 262 g/mol. The van der Waals surface area contributed by atoms with Gasteiger partial charge in [0.1, 0.15) is 0 Å². The van der Waals surface area contributed by atoms with E-state index in [1.54, 1.807) is 0 Å². The summed E-state index contributed by atoms with van der Waals surface area (Å²) in [4.78, 5) is 0. The van der Waals surface area contributed by atoms with Gasteiger partial charge >= 0.3 is 0 Å². The van der Waals surface area contributed by atoms with Crippen molar-refractivity contribution < 1.29 is 4.52 Å². The van der Waals surface area contributed by atoms with E-state index >= 15 is 0 Å². The Kier molecular flexibility index (Phi) is 7.82. The summed E-state index contributed by atoms with van der Waals surface area (Å²) in [5, 5.41) is 0. The molecule has 0 bridgehead atoms. The monoisotopic (exact) mass is 262 g/mol. The maximum atomic E-state index is 5.84. The van der Waals surface area contributed by atoms with E-state index in [9.17, 15) is 0 Å². The third kappa shape index (κ3) is 4.82. The normalized spacial score (nSPS) is 13.4. The van der Waals surface area contributed by atoms with Crippen LogP contribution >= 0.6 is 8.45 Å². The van der Waals surface area contributed by atoms with Gasteiger partial charge in [-0.25, -0.2) is 9.34 Å². The van der Waals surface area contributed by atoms with Crippen molar-refractivity contribution in [2.24, 2.45) is 0 Å². The fourth-order valence-corrected chi connectivity index (χ4v) is 4.49. The predicted octanol–water partition coefficient (Wildman–Crippen LogP) is 4.10. The molecule has 0 N–H and O–H groups in total. The summed E-state index contributed by atoms with van der Waals surface area (Å²) < 4.78 is 10.8. The lowest BCUT2D eigenvalue weighted by molar-refractivity contribution is 0.206. The summed E-state index contributed by atoms with van der Waals surface area (Å²) in [5.41, 5.74) is 0. The summed E-state index contributed by atoms with van der Waals surface area (Å²) in [7, 11) is 1.16. The van der Waals surface area contributed by atoms with Crippen molar-refractivity contribution in [3.8, 4) is 0 Å². The maximum Gasteiger partial charge on any atom is 0.188 e. The molecule has 0 unspecified atom stereocenters. The molecule has 0 aliphatic heterocycles. The van der Waals surface area contributed by atoms with Crippen molar-refractivity contribution in [2.75, 3.05) is 7.11 Å². The maximum absolute atomic E-state index is 5.84. The zero-order chi connectivity index (χ0) is 13.7. The fraction of sp³-hybridized carbons (Fsp3) is 1.00. The third-order valence-electron chi connectivity index (χ3n) is 2.67. The standard InChI is InChI=1S/C13H31N2OP/c1-10(2)14(11(3)4)17(16-9)15(12(5)6)13(7)8/h10-13H,1-9H3. The van der Waals surface area contributed by atoms with Gasteiger partial charge in [-0.3, -0.25) is 0 Å². The van der Waals surface area contributed by atoms with Crippen LogP contribution in [0, 0.1) is 0 Å². The van der Waals surface area contributed by atoms with E-state index in [0.29, 0.717) is 24.2 Å². The minimum absolute atomic E-state index is 0.501. The molecule has 4 heteroatoms. The predicted molar refractivity (Wildman–Crippen MR) is 78.2 cm³/mol. The number of nitrogens with zero attached hydrogens (tertiary/aromatic N) is 2. The van der Waals surface area contributed by atoms with Gasteiger partial charge in [-0.1, -0.05) is 0 Å². The largest absolute Gasteiger partial charge is 0.335 e. The van der Waals surface area contributed by atoms with Gasteiger partial charge in [0.05, 0.1) is 0 Å². The molecule has 0 rings (SSSR count). The number of hydrogen-bond donors (Lipinski definition) is 0. The number of rotatable bonds is 7. The van der Waals surface area contributed by atoms with Crippen molar-refractivity contribution in [1.29, 1.82) is 0 Å². The first-order valence-corrected chi connectivity index (χ1v) is 7.81. The molecular formula is C13H31N2OP. The van der Waals surface area contributed by atoms with Crippen LogP contribution in [0.3, 0.4) is 0 Å². The second-order valence-electron chi connectivity index (χ2n) is 5.57. The highest BCUT2D eigenvalue weighted by atomic mass is 31.2. The van der Waals surface area contributed by atoms with Crippen LogP contribution in [-0.2, 0) is 4.52 Å². The minimum atomic E-state index is -0.676. The van der Waals surface area contributed by atoms with Crippen LogP contribution in [0.4, 0.5) is 0 Å². The number of hydrogen-bond acceptors (Lipinski definition) is 3. The van der Waals surface area contributed by atoms with Crippen molar-refractivity contribution in [3.05, 3.63) is 0 Å². The van der Waals surface area contributed by atoms with Crippen LogP contribution < -0.4 is 0 Å². The first kappa shape index (κ1) is 17.3. The highest BCUT2D eigenvalue weighted by molar-refractivity contribution is 7.47. The van der Waals surface area contributed by atoms with E-state index in [1.807, 2.05) is 7.11 Å². The summed E-state index contributed by atoms with van der Waals surface area (Å²) in [6, 6.07) is 2.00. The van der Waals surface area contributed by atoms with Gasteiger partial charge in [-0.15, -0.1) is 0 Å². The van der Waals surface area contributed by atoms with E-state index in [0.717, 1.165) is 0 Å². The second-order valence-corrected chi connectivity index (χ2v) is 7.36. The highest BCUT2D eigenvalue weighted by Gasteiger charge is 2.33. The molecule has 0 saturated carbocycles. The molecule has 0 radical (unpaired) electrons. The summed E-state index contributed by atoms with van der Waals surface area (Å²) in [6.45, 7) is 17.9. The lowest BCUT2D eigenvalue weighted by Gasteiger charge is -2.45.